The van der Waals surface area contributed by atoms with E-state index in [1.165, 1.54) is 0 Å². The van der Waals surface area contributed by atoms with Crippen LogP contribution in [-0.4, -0.2) is 61.1 Å². The number of epoxide rings is 2. The molecule has 4 fully saturated rings. The first kappa shape index (κ1) is 17.6. The first-order valence-electron chi connectivity index (χ1n) is 9.42. The zero-order valence-electron chi connectivity index (χ0n) is 14.4. The van der Waals surface area contributed by atoms with Gasteiger partial charge in [0.15, 0.2) is 0 Å². The lowest BCUT2D eigenvalue weighted by Crippen LogP contribution is -2.25. The molecule has 0 amide bonds. The summed E-state index contributed by atoms with van der Waals surface area (Å²) in [6.45, 7) is 0.845. The monoisotopic (exact) mass is 370 g/mol. The molecule has 140 valence electrons. The van der Waals surface area contributed by atoms with Crippen LogP contribution < -0.4 is 0 Å². The van der Waals surface area contributed by atoms with Gasteiger partial charge in [-0.15, -0.1) is 0 Å². The van der Waals surface area contributed by atoms with Crippen LogP contribution >= 0.6 is 11.8 Å². The molecular weight excluding hydrogens is 344 g/mol. The molecule has 4 rings (SSSR count). The molecule has 7 heteroatoms. The van der Waals surface area contributed by atoms with Gasteiger partial charge in [-0.3, -0.25) is 9.59 Å². The molecule has 6 atom stereocenters. The van der Waals surface area contributed by atoms with Crippen LogP contribution in [-0.2, 0) is 28.5 Å². The Labute approximate surface area is 152 Å². The summed E-state index contributed by atoms with van der Waals surface area (Å²) >= 11 is 1.64. The summed E-state index contributed by atoms with van der Waals surface area (Å²) in [7, 11) is 0. The van der Waals surface area contributed by atoms with Crippen molar-refractivity contribution in [3.63, 3.8) is 0 Å². The first-order valence-corrected chi connectivity index (χ1v) is 10.6. The largest absolute Gasteiger partial charge is 0.465 e. The van der Waals surface area contributed by atoms with Gasteiger partial charge in [0.25, 0.3) is 0 Å². The van der Waals surface area contributed by atoms with Gasteiger partial charge in [-0.05, 0) is 38.5 Å². The number of hydrogen-bond acceptors (Lipinski definition) is 7. The molecule has 0 N–H and O–H groups in total. The highest BCUT2D eigenvalue weighted by molar-refractivity contribution is 7.99. The molecule has 2 aliphatic carbocycles. The quantitative estimate of drug-likeness (QED) is 0.367. The number of rotatable bonds is 8. The van der Waals surface area contributed by atoms with E-state index in [9.17, 15) is 9.59 Å². The summed E-state index contributed by atoms with van der Waals surface area (Å²) in [5, 5.41) is 0. The Hall–Kier alpha value is -0.790. The highest BCUT2D eigenvalue weighted by Crippen LogP contribution is 2.40. The maximum atomic E-state index is 12.0. The van der Waals surface area contributed by atoms with Crippen molar-refractivity contribution in [2.45, 2.75) is 62.9 Å². The third kappa shape index (κ3) is 4.68. The Morgan fingerprint density at radius 2 is 1.24 bits per heavy atom. The van der Waals surface area contributed by atoms with Gasteiger partial charge in [0, 0.05) is 11.5 Å². The Kier molecular flexibility index (Phi) is 5.53. The van der Waals surface area contributed by atoms with Gasteiger partial charge in [0.05, 0.1) is 36.3 Å². The lowest BCUT2D eigenvalue weighted by atomic mass is 9.89. The van der Waals surface area contributed by atoms with Crippen LogP contribution in [0.5, 0.6) is 0 Å². The van der Waals surface area contributed by atoms with Crippen LogP contribution in [0.2, 0.25) is 0 Å². The fraction of sp³-hybridized carbons (Fsp3) is 0.889. The summed E-state index contributed by atoms with van der Waals surface area (Å²) in [6, 6.07) is 0. The van der Waals surface area contributed by atoms with E-state index in [1.807, 2.05) is 0 Å². The lowest BCUT2D eigenvalue weighted by molar-refractivity contribution is -0.149. The van der Waals surface area contributed by atoms with E-state index in [0.29, 0.717) is 37.6 Å². The third-order valence-electron chi connectivity index (χ3n) is 5.62. The van der Waals surface area contributed by atoms with E-state index in [0.717, 1.165) is 50.0 Å². The smallest absolute Gasteiger partial charge is 0.309 e. The fourth-order valence-corrected chi connectivity index (χ4v) is 4.58. The molecule has 2 heterocycles. The minimum Gasteiger partial charge on any atom is -0.465 e. The second kappa shape index (κ2) is 7.84. The Morgan fingerprint density at radius 3 is 1.68 bits per heavy atom. The zero-order valence-corrected chi connectivity index (χ0v) is 15.2. The summed E-state index contributed by atoms with van der Waals surface area (Å²) in [4.78, 5) is 24.0. The highest BCUT2D eigenvalue weighted by atomic mass is 32.2. The maximum Gasteiger partial charge on any atom is 0.309 e. The SMILES string of the molecule is O=C(OCCSCCOC(=O)C1CCC2OC2C1)C1CCC2OC2C1. The molecule has 25 heavy (non-hydrogen) atoms. The molecule has 0 bridgehead atoms. The van der Waals surface area contributed by atoms with Gasteiger partial charge in [-0.25, -0.2) is 0 Å². The first-order chi connectivity index (χ1) is 12.2. The molecule has 0 aromatic heterocycles. The molecule has 4 aliphatic rings. The van der Waals surface area contributed by atoms with Crippen molar-refractivity contribution in [1.82, 2.24) is 0 Å². The van der Waals surface area contributed by atoms with Gasteiger partial charge in [0.1, 0.15) is 13.2 Å². The molecule has 2 saturated carbocycles. The van der Waals surface area contributed by atoms with Crippen LogP contribution in [0.3, 0.4) is 0 Å². The predicted octanol–water partition coefficient (Wildman–Crippen LogP) is 1.94. The standard InChI is InChI=1S/C18H26O6S/c19-17(11-1-3-13-15(9-11)23-13)21-5-7-25-8-6-22-18(20)12-2-4-14-16(10-12)24-14/h11-16H,1-10H2. The van der Waals surface area contributed by atoms with Crippen molar-refractivity contribution in [2.24, 2.45) is 11.8 Å². The lowest BCUT2D eigenvalue weighted by Gasteiger charge is -2.18. The van der Waals surface area contributed by atoms with Crippen LogP contribution in [0.1, 0.15) is 38.5 Å². The average molecular weight is 370 g/mol. The van der Waals surface area contributed by atoms with Crippen molar-refractivity contribution in [2.75, 3.05) is 24.7 Å². The number of esters is 2. The van der Waals surface area contributed by atoms with E-state index in [1.54, 1.807) is 11.8 Å². The van der Waals surface area contributed by atoms with Crippen molar-refractivity contribution in [3.8, 4) is 0 Å². The number of carbonyl (C=O) groups is 2. The summed E-state index contributed by atoms with van der Waals surface area (Å²) in [6.07, 6.45) is 6.81. The molecule has 2 saturated heterocycles. The van der Waals surface area contributed by atoms with E-state index >= 15 is 0 Å². The Morgan fingerprint density at radius 1 is 0.760 bits per heavy atom. The minimum absolute atomic E-state index is 0.0141. The van der Waals surface area contributed by atoms with Gasteiger partial charge in [-0.2, -0.15) is 11.8 Å². The zero-order chi connectivity index (χ0) is 17.2. The van der Waals surface area contributed by atoms with Crippen molar-refractivity contribution >= 4 is 23.7 Å². The van der Waals surface area contributed by atoms with Crippen molar-refractivity contribution in [3.05, 3.63) is 0 Å². The van der Waals surface area contributed by atoms with Crippen LogP contribution in [0, 0.1) is 11.8 Å². The number of ether oxygens (including phenoxy) is 4. The van der Waals surface area contributed by atoms with Crippen LogP contribution in [0.4, 0.5) is 0 Å². The van der Waals surface area contributed by atoms with Crippen LogP contribution in [0.25, 0.3) is 0 Å². The van der Waals surface area contributed by atoms with Gasteiger partial charge in [-0.1, -0.05) is 0 Å². The minimum atomic E-state index is -0.0844. The van der Waals surface area contributed by atoms with Crippen LogP contribution in [0.15, 0.2) is 0 Å². The fourth-order valence-electron chi connectivity index (χ4n) is 3.98. The number of carbonyl (C=O) groups excluding carboxylic acids is 2. The molecule has 6 unspecified atom stereocenters. The normalized spacial score (nSPS) is 38.2. The molecule has 0 aromatic rings. The Bertz CT molecular complexity index is 468. The second-order valence-electron chi connectivity index (χ2n) is 7.39. The maximum absolute atomic E-state index is 12.0. The summed E-state index contributed by atoms with van der Waals surface area (Å²) < 4.78 is 21.6. The van der Waals surface area contributed by atoms with E-state index in [2.05, 4.69) is 0 Å². The molecular formula is C18H26O6S. The molecule has 6 nitrogen and oxygen atoms in total. The second-order valence-corrected chi connectivity index (χ2v) is 8.62. The summed E-state index contributed by atoms with van der Waals surface area (Å²) in [5.74, 6) is 1.33. The van der Waals surface area contributed by atoms with Gasteiger partial charge >= 0.3 is 11.9 Å². The molecule has 0 spiro atoms. The number of fused-ring (bicyclic) bond motifs is 2. The van der Waals surface area contributed by atoms with Crippen molar-refractivity contribution in [1.29, 1.82) is 0 Å². The van der Waals surface area contributed by atoms with E-state index < -0.39 is 0 Å². The molecule has 0 radical (unpaired) electrons. The topological polar surface area (TPSA) is 77.7 Å². The highest BCUT2D eigenvalue weighted by Gasteiger charge is 2.46. The van der Waals surface area contributed by atoms with E-state index in [4.69, 9.17) is 18.9 Å². The average Bonchev–Trinajstić information content (AvgIpc) is 3.53. The van der Waals surface area contributed by atoms with Gasteiger partial charge in [0.2, 0.25) is 0 Å². The predicted molar refractivity (Wildman–Crippen MR) is 91.2 cm³/mol. The van der Waals surface area contributed by atoms with E-state index in [-0.39, 0.29) is 23.8 Å². The molecule has 0 aromatic carbocycles. The number of hydrogen-bond donors (Lipinski definition) is 0. The molecule has 2 aliphatic heterocycles. The number of thioether (sulfide) groups is 1. The summed E-state index contributed by atoms with van der Waals surface area (Å²) in [5.41, 5.74) is 0. The third-order valence-corrected chi connectivity index (χ3v) is 6.53. The van der Waals surface area contributed by atoms with Gasteiger partial charge < -0.3 is 18.9 Å². The Balaban J connectivity index is 1.00. The van der Waals surface area contributed by atoms with Crippen molar-refractivity contribution < 1.29 is 28.5 Å².